The summed E-state index contributed by atoms with van der Waals surface area (Å²) in [5, 5.41) is 11.8. The van der Waals surface area contributed by atoms with Crippen molar-refractivity contribution >= 4 is 5.97 Å². The number of carboxylic acids is 1. The average molecular weight is 267 g/mol. The normalized spacial score (nSPS) is 11.9. The summed E-state index contributed by atoms with van der Waals surface area (Å²) in [6.45, 7) is 2.70. The molecule has 19 heavy (non-hydrogen) atoms. The molecule has 0 aliphatic heterocycles. The summed E-state index contributed by atoms with van der Waals surface area (Å²) in [4.78, 5) is 10.4. The molecule has 1 rings (SSSR count). The van der Waals surface area contributed by atoms with Crippen molar-refractivity contribution in [2.45, 2.75) is 25.8 Å². The number of nitrogens with one attached hydrogen (secondary N) is 1. The highest BCUT2D eigenvalue weighted by Crippen LogP contribution is 2.29. The van der Waals surface area contributed by atoms with Crippen LogP contribution in [-0.2, 0) is 4.79 Å². The third kappa shape index (κ3) is 4.79. The van der Waals surface area contributed by atoms with Gasteiger partial charge in [-0.3, -0.25) is 4.79 Å². The second kappa shape index (κ2) is 7.63. The molecule has 0 saturated heterocycles. The Morgan fingerprint density at radius 2 is 2.00 bits per heavy atom. The lowest BCUT2D eigenvalue weighted by molar-refractivity contribution is -0.137. The van der Waals surface area contributed by atoms with E-state index in [1.165, 1.54) is 0 Å². The SMILES string of the molecule is COc1ccc(C(C)NCCCC(=O)O)cc1OC. The lowest BCUT2D eigenvalue weighted by Crippen LogP contribution is -2.20. The molecule has 0 bridgehead atoms. The van der Waals surface area contributed by atoms with Crippen molar-refractivity contribution in [1.82, 2.24) is 5.32 Å². The van der Waals surface area contributed by atoms with Crippen molar-refractivity contribution in [3.8, 4) is 11.5 Å². The monoisotopic (exact) mass is 267 g/mol. The van der Waals surface area contributed by atoms with E-state index in [1.807, 2.05) is 25.1 Å². The van der Waals surface area contributed by atoms with E-state index in [1.54, 1.807) is 14.2 Å². The molecule has 0 heterocycles. The Kier molecular flexibility index (Phi) is 6.15. The molecule has 0 amide bonds. The molecule has 1 aromatic rings. The molecular weight excluding hydrogens is 246 g/mol. The van der Waals surface area contributed by atoms with E-state index in [4.69, 9.17) is 14.6 Å². The van der Waals surface area contributed by atoms with Crippen LogP contribution in [0.15, 0.2) is 18.2 Å². The number of aliphatic carboxylic acids is 1. The summed E-state index contributed by atoms with van der Waals surface area (Å²) in [6.07, 6.45) is 0.804. The first kappa shape index (κ1) is 15.3. The van der Waals surface area contributed by atoms with Crippen LogP contribution in [-0.4, -0.2) is 31.8 Å². The van der Waals surface area contributed by atoms with Crippen molar-refractivity contribution in [1.29, 1.82) is 0 Å². The number of hydrogen-bond donors (Lipinski definition) is 2. The minimum Gasteiger partial charge on any atom is -0.493 e. The quantitative estimate of drug-likeness (QED) is 0.707. The summed E-state index contributed by atoms with van der Waals surface area (Å²) in [5.74, 6) is 0.629. The Morgan fingerprint density at radius 1 is 1.32 bits per heavy atom. The van der Waals surface area contributed by atoms with E-state index in [-0.39, 0.29) is 12.5 Å². The molecule has 1 unspecified atom stereocenters. The molecule has 1 aromatic carbocycles. The maximum Gasteiger partial charge on any atom is 0.303 e. The molecule has 0 aromatic heterocycles. The maximum absolute atomic E-state index is 10.4. The Morgan fingerprint density at radius 3 is 2.58 bits per heavy atom. The molecule has 106 valence electrons. The van der Waals surface area contributed by atoms with Crippen LogP contribution >= 0.6 is 0 Å². The lowest BCUT2D eigenvalue weighted by atomic mass is 10.1. The second-order valence-electron chi connectivity index (χ2n) is 4.29. The topological polar surface area (TPSA) is 67.8 Å². The van der Waals surface area contributed by atoms with Crippen molar-refractivity contribution in [2.24, 2.45) is 0 Å². The Hall–Kier alpha value is -1.75. The number of ether oxygens (including phenoxy) is 2. The van der Waals surface area contributed by atoms with Gasteiger partial charge in [0.15, 0.2) is 11.5 Å². The Labute approximate surface area is 113 Å². The molecule has 0 aliphatic rings. The molecule has 0 saturated carbocycles. The summed E-state index contributed by atoms with van der Waals surface area (Å²) < 4.78 is 10.4. The molecule has 1 atom stereocenters. The first-order valence-corrected chi connectivity index (χ1v) is 6.25. The van der Waals surface area contributed by atoms with Crippen molar-refractivity contribution in [2.75, 3.05) is 20.8 Å². The number of carbonyl (C=O) groups is 1. The van der Waals surface area contributed by atoms with Gasteiger partial charge in [-0.1, -0.05) is 6.07 Å². The molecule has 0 spiro atoms. The standard InChI is InChI=1S/C14H21NO4/c1-10(15-8-4-5-14(16)17)11-6-7-12(18-2)13(9-11)19-3/h6-7,9-10,15H,4-5,8H2,1-3H3,(H,16,17). The largest absolute Gasteiger partial charge is 0.493 e. The van der Waals surface area contributed by atoms with Crippen LogP contribution in [0.1, 0.15) is 31.4 Å². The van der Waals surface area contributed by atoms with Gasteiger partial charge in [0.2, 0.25) is 0 Å². The van der Waals surface area contributed by atoms with E-state index >= 15 is 0 Å². The Balaban J connectivity index is 2.56. The average Bonchev–Trinajstić information content (AvgIpc) is 2.42. The predicted molar refractivity (Wildman–Crippen MR) is 72.8 cm³/mol. The van der Waals surface area contributed by atoms with Gasteiger partial charge in [0.1, 0.15) is 0 Å². The highest BCUT2D eigenvalue weighted by atomic mass is 16.5. The first-order chi connectivity index (χ1) is 9.08. The molecule has 5 nitrogen and oxygen atoms in total. The van der Waals surface area contributed by atoms with Crippen molar-refractivity contribution < 1.29 is 19.4 Å². The highest BCUT2D eigenvalue weighted by molar-refractivity contribution is 5.66. The fourth-order valence-electron chi connectivity index (χ4n) is 1.80. The maximum atomic E-state index is 10.4. The Bertz CT molecular complexity index is 420. The molecule has 2 N–H and O–H groups in total. The van der Waals surface area contributed by atoms with Crippen LogP contribution in [0.3, 0.4) is 0 Å². The highest BCUT2D eigenvalue weighted by Gasteiger charge is 2.09. The zero-order chi connectivity index (χ0) is 14.3. The van der Waals surface area contributed by atoms with Crippen molar-refractivity contribution in [3.05, 3.63) is 23.8 Å². The predicted octanol–water partition coefficient (Wildman–Crippen LogP) is 2.22. The van der Waals surface area contributed by atoms with Gasteiger partial charge in [0, 0.05) is 12.5 Å². The van der Waals surface area contributed by atoms with Gasteiger partial charge in [0.05, 0.1) is 14.2 Å². The zero-order valence-electron chi connectivity index (χ0n) is 11.6. The second-order valence-corrected chi connectivity index (χ2v) is 4.29. The van der Waals surface area contributed by atoms with Crippen LogP contribution in [0.25, 0.3) is 0 Å². The van der Waals surface area contributed by atoms with Gasteiger partial charge >= 0.3 is 5.97 Å². The van der Waals surface area contributed by atoms with Gasteiger partial charge in [-0.05, 0) is 37.6 Å². The number of benzene rings is 1. The molecule has 0 fully saturated rings. The molecular formula is C14H21NO4. The lowest BCUT2D eigenvalue weighted by Gasteiger charge is -2.16. The molecule has 5 heteroatoms. The molecule has 0 radical (unpaired) electrons. The first-order valence-electron chi connectivity index (χ1n) is 6.25. The number of methoxy groups -OCH3 is 2. The van der Waals surface area contributed by atoms with Crippen LogP contribution in [0.2, 0.25) is 0 Å². The fourth-order valence-corrected chi connectivity index (χ4v) is 1.80. The van der Waals surface area contributed by atoms with Crippen LogP contribution in [0, 0.1) is 0 Å². The smallest absolute Gasteiger partial charge is 0.303 e. The zero-order valence-corrected chi connectivity index (χ0v) is 11.6. The van der Waals surface area contributed by atoms with Crippen LogP contribution in [0.4, 0.5) is 0 Å². The van der Waals surface area contributed by atoms with Crippen molar-refractivity contribution in [3.63, 3.8) is 0 Å². The fraction of sp³-hybridized carbons (Fsp3) is 0.500. The minimum absolute atomic E-state index is 0.133. The van der Waals surface area contributed by atoms with Gasteiger partial charge in [-0.15, -0.1) is 0 Å². The van der Waals surface area contributed by atoms with Crippen LogP contribution < -0.4 is 14.8 Å². The summed E-state index contributed by atoms with van der Waals surface area (Å²) in [5.41, 5.74) is 1.08. The summed E-state index contributed by atoms with van der Waals surface area (Å²) in [7, 11) is 3.21. The summed E-state index contributed by atoms with van der Waals surface area (Å²) >= 11 is 0. The van der Waals surface area contributed by atoms with Crippen LogP contribution in [0.5, 0.6) is 11.5 Å². The molecule has 0 aliphatic carbocycles. The van der Waals surface area contributed by atoms with E-state index in [2.05, 4.69) is 5.32 Å². The van der Waals surface area contributed by atoms with E-state index < -0.39 is 5.97 Å². The van der Waals surface area contributed by atoms with E-state index in [9.17, 15) is 4.79 Å². The third-order valence-corrected chi connectivity index (χ3v) is 2.93. The number of hydrogen-bond acceptors (Lipinski definition) is 4. The van der Waals surface area contributed by atoms with Gasteiger partial charge < -0.3 is 19.9 Å². The third-order valence-electron chi connectivity index (χ3n) is 2.93. The van der Waals surface area contributed by atoms with Gasteiger partial charge in [-0.2, -0.15) is 0 Å². The van der Waals surface area contributed by atoms with Gasteiger partial charge in [-0.25, -0.2) is 0 Å². The number of rotatable bonds is 8. The van der Waals surface area contributed by atoms with Gasteiger partial charge in [0.25, 0.3) is 0 Å². The minimum atomic E-state index is -0.763. The van der Waals surface area contributed by atoms with E-state index in [0.29, 0.717) is 24.5 Å². The van der Waals surface area contributed by atoms with E-state index in [0.717, 1.165) is 5.56 Å². The number of carboxylic acid groups (broad SMARTS) is 1. The summed E-state index contributed by atoms with van der Waals surface area (Å²) in [6, 6.07) is 5.89.